The number of ether oxygens (including phenoxy) is 1. The smallest absolute Gasteiger partial charge is 0.258 e. The second kappa shape index (κ2) is 5.01. The van der Waals surface area contributed by atoms with Crippen molar-refractivity contribution in [2.24, 2.45) is 10.3 Å². The van der Waals surface area contributed by atoms with E-state index in [1.54, 1.807) is 0 Å². The lowest BCUT2D eigenvalue weighted by molar-refractivity contribution is -0.139. The zero-order chi connectivity index (χ0) is 14.1. The predicted molar refractivity (Wildman–Crippen MR) is 69.9 cm³/mol. The molecule has 7 nitrogen and oxygen atoms in total. The van der Waals surface area contributed by atoms with Gasteiger partial charge in [-0.2, -0.15) is 5.11 Å². The van der Waals surface area contributed by atoms with Crippen molar-refractivity contribution >= 4 is 17.5 Å². The summed E-state index contributed by atoms with van der Waals surface area (Å²) in [7, 11) is 1.53. The molecule has 3 rings (SSSR count). The van der Waals surface area contributed by atoms with Gasteiger partial charge in [0.25, 0.3) is 11.8 Å². The summed E-state index contributed by atoms with van der Waals surface area (Å²) in [5.41, 5.74) is 0.749. The van der Waals surface area contributed by atoms with Gasteiger partial charge in [0.05, 0.1) is 18.8 Å². The van der Waals surface area contributed by atoms with Crippen LogP contribution in [-0.2, 0) is 14.3 Å². The number of carbonyl (C=O) groups excluding carboxylic acids is 2. The minimum absolute atomic E-state index is 0.249. The van der Waals surface area contributed by atoms with E-state index in [9.17, 15) is 9.59 Å². The largest absolute Gasteiger partial charge is 0.383 e. The summed E-state index contributed by atoms with van der Waals surface area (Å²) in [6, 6.07) is 7.83. The molecule has 0 unspecified atom stereocenters. The van der Waals surface area contributed by atoms with Crippen molar-refractivity contribution in [3.8, 4) is 0 Å². The van der Waals surface area contributed by atoms with Gasteiger partial charge in [0.15, 0.2) is 12.1 Å². The lowest BCUT2D eigenvalue weighted by atomic mass is 10.1. The van der Waals surface area contributed by atoms with Gasteiger partial charge in [-0.1, -0.05) is 23.4 Å². The number of fused-ring (bicyclic) bond motifs is 1. The molecule has 1 aromatic rings. The van der Waals surface area contributed by atoms with E-state index in [0.717, 1.165) is 5.69 Å². The highest BCUT2D eigenvalue weighted by Gasteiger charge is 2.54. The third-order valence-electron chi connectivity index (χ3n) is 3.41. The molecular weight excluding hydrogens is 260 g/mol. The van der Waals surface area contributed by atoms with Gasteiger partial charge >= 0.3 is 0 Å². The van der Waals surface area contributed by atoms with Crippen LogP contribution in [0, 0.1) is 0 Å². The van der Waals surface area contributed by atoms with Crippen LogP contribution in [0.15, 0.2) is 40.7 Å². The maximum absolute atomic E-state index is 12.4. The second-order valence-electron chi connectivity index (χ2n) is 4.60. The highest BCUT2D eigenvalue weighted by atomic mass is 16.5. The van der Waals surface area contributed by atoms with Crippen LogP contribution in [0.5, 0.6) is 0 Å². The molecule has 0 saturated carbocycles. The molecule has 1 aromatic carbocycles. The van der Waals surface area contributed by atoms with Crippen molar-refractivity contribution in [2.45, 2.75) is 12.1 Å². The highest BCUT2D eigenvalue weighted by molar-refractivity contribution is 6.11. The second-order valence-corrected chi connectivity index (χ2v) is 4.60. The Morgan fingerprint density at radius 1 is 1.20 bits per heavy atom. The number of hydrogen-bond acceptors (Lipinski definition) is 6. The molecule has 104 valence electrons. The van der Waals surface area contributed by atoms with E-state index in [-0.39, 0.29) is 18.4 Å². The average molecular weight is 274 g/mol. The van der Waals surface area contributed by atoms with Crippen LogP contribution in [0.2, 0.25) is 0 Å². The summed E-state index contributed by atoms with van der Waals surface area (Å²) in [4.78, 5) is 25.7. The Morgan fingerprint density at radius 2 is 1.95 bits per heavy atom. The predicted octanol–water partition coefficient (Wildman–Crippen LogP) is 0.626. The number of hydrogen-bond donors (Lipinski definition) is 0. The Hall–Kier alpha value is -2.28. The number of amides is 2. The van der Waals surface area contributed by atoms with Crippen molar-refractivity contribution in [1.29, 1.82) is 0 Å². The molecule has 20 heavy (non-hydrogen) atoms. The van der Waals surface area contributed by atoms with Crippen molar-refractivity contribution < 1.29 is 14.3 Å². The molecule has 0 N–H and O–H groups in total. The lowest BCUT2D eigenvalue weighted by Gasteiger charge is -2.20. The molecular formula is C13H14N4O3. The standard InChI is InChI=1S/C13H14N4O3/c1-20-8-7-16-12(18)10-11(13(16)19)17(15-14-10)9-5-3-2-4-6-9/h2-6,10-11H,7-8H2,1H3/t10-,11+/m0/s1. The molecule has 2 atom stereocenters. The summed E-state index contributed by atoms with van der Waals surface area (Å²) in [6.45, 7) is 0.568. The molecule has 2 heterocycles. The molecule has 0 radical (unpaired) electrons. The normalized spacial score (nSPS) is 24.6. The fourth-order valence-corrected chi connectivity index (χ4v) is 2.41. The first kappa shape index (κ1) is 12.7. The maximum atomic E-state index is 12.4. The van der Waals surface area contributed by atoms with Crippen molar-refractivity contribution in [1.82, 2.24) is 4.90 Å². The molecule has 0 spiro atoms. The molecule has 2 amide bonds. The summed E-state index contributed by atoms with van der Waals surface area (Å²) < 4.78 is 4.92. The van der Waals surface area contributed by atoms with Crippen molar-refractivity contribution in [2.75, 3.05) is 25.3 Å². The zero-order valence-electron chi connectivity index (χ0n) is 11.0. The van der Waals surface area contributed by atoms with Gasteiger partial charge in [0.2, 0.25) is 0 Å². The van der Waals surface area contributed by atoms with E-state index in [1.165, 1.54) is 17.0 Å². The van der Waals surface area contributed by atoms with E-state index in [4.69, 9.17) is 4.74 Å². The molecule has 1 fully saturated rings. The lowest BCUT2D eigenvalue weighted by Crippen LogP contribution is -2.40. The van der Waals surface area contributed by atoms with E-state index >= 15 is 0 Å². The molecule has 2 aliphatic heterocycles. The summed E-state index contributed by atoms with van der Waals surface area (Å²) in [6.07, 6.45) is 0. The molecule has 7 heteroatoms. The Kier molecular flexibility index (Phi) is 3.19. The Labute approximate surface area is 115 Å². The Bertz CT molecular complexity index is 560. The minimum atomic E-state index is -0.737. The Balaban J connectivity index is 1.85. The number of carbonyl (C=O) groups is 2. The van der Waals surface area contributed by atoms with Crippen molar-refractivity contribution in [3.05, 3.63) is 30.3 Å². The number of anilines is 1. The molecule has 0 aliphatic carbocycles. The summed E-state index contributed by atoms with van der Waals surface area (Å²) in [5.74, 6) is -0.579. The number of nitrogens with zero attached hydrogens (tertiary/aromatic N) is 4. The summed E-state index contributed by atoms with van der Waals surface area (Å²) in [5, 5.41) is 9.42. The van der Waals surface area contributed by atoms with E-state index in [0.29, 0.717) is 6.61 Å². The van der Waals surface area contributed by atoms with Gasteiger partial charge in [-0.05, 0) is 12.1 Å². The average Bonchev–Trinajstić information content (AvgIpc) is 3.01. The number of rotatable bonds is 4. The number of para-hydroxylation sites is 1. The zero-order valence-corrected chi connectivity index (χ0v) is 11.0. The maximum Gasteiger partial charge on any atom is 0.258 e. The fourth-order valence-electron chi connectivity index (χ4n) is 2.41. The van der Waals surface area contributed by atoms with Gasteiger partial charge in [-0.15, -0.1) is 0 Å². The van der Waals surface area contributed by atoms with Gasteiger partial charge in [0.1, 0.15) is 0 Å². The molecule has 0 bridgehead atoms. The topological polar surface area (TPSA) is 74.6 Å². The van der Waals surface area contributed by atoms with Crippen LogP contribution in [-0.4, -0.2) is 49.1 Å². The number of benzene rings is 1. The van der Waals surface area contributed by atoms with Crippen LogP contribution in [0.4, 0.5) is 5.69 Å². The first-order valence-electron chi connectivity index (χ1n) is 6.33. The monoisotopic (exact) mass is 274 g/mol. The number of methoxy groups -OCH3 is 1. The van der Waals surface area contributed by atoms with Gasteiger partial charge in [-0.25, -0.2) is 5.01 Å². The Morgan fingerprint density at radius 3 is 2.65 bits per heavy atom. The molecule has 2 aliphatic rings. The minimum Gasteiger partial charge on any atom is -0.383 e. The first-order chi connectivity index (χ1) is 9.74. The fraction of sp³-hybridized carbons (Fsp3) is 0.385. The van der Waals surface area contributed by atoms with Gasteiger partial charge in [-0.3, -0.25) is 14.5 Å². The van der Waals surface area contributed by atoms with E-state index in [2.05, 4.69) is 10.3 Å². The number of imide groups is 1. The van der Waals surface area contributed by atoms with E-state index in [1.807, 2.05) is 30.3 Å². The van der Waals surface area contributed by atoms with Crippen molar-refractivity contribution in [3.63, 3.8) is 0 Å². The van der Waals surface area contributed by atoms with Crippen LogP contribution >= 0.6 is 0 Å². The van der Waals surface area contributed by atoms with Gasteiger partial charge in [0, 0.05) is 7.11 Å². The van der Waals surface area contributed by atoms with E-state index < -0.39 is 12.1 Å². The first-order valence-corrected chi connectivity index (χ1v) is 6.33. The molecule has 1 saturated heterocycles. The van der Waals surface area contributed by atoms with Gasteiger partial charge < -0.3 is 4.74 Å². The van der Waals surface area contributed by atoms with Crippen LogP contribution in [0.3, 0.4) is 0 Å². The summed E-state index contributed by atoms with van der Waals surface area (Å²) >= 11 is 0. The molecule has 0 aromatic heterocycles. The van der Waals surface area contributed by atoms with Crippen LogP contribution in [0.25, 0.3) is 0 Å². The van der Waals surface area contributed by atoms with Crippen LogP contribution in [0.1, 0.15) is 0 Å². The quantitative estimate of drug-likeness (QED) is 0.755. The SMILES string of the molecule is COCCN1C(=O)[C@H]2N=NN(c3ccccc3)[C@H]2C1=O. The third kappa shape index (κ3) is 1.87. The highest BCUT2D eigenvalue weighted by Crippen LogP contribution is 2.31. The number of likely N-dealkylation sites (tertiary alicyclic amines) is 1. The van der Waals surface area contributed by atoms with Crippen LogP contribution < -0.4 is 5.01 Å². The third-order valence-corrected chi connectivity index (χ3v) is 3.41.